The molecular formula is C16H33B. The first-order valence-corrected chi connectivity index (χ1v) is 7.68. The van der Waals surface area contributed by atoms with Crippen molar-refractivity contribution in [1.29, 1.82) is 0 Å². The SMILES string of the molecule is [B]C(C)(CCCCC)CCCCC(C)C(C)C. The van der Waals surface area contributed by atoms with Gasteiger partial charge in [0.1, 0.15) is 0 Å². The van der Waals surface area contributed by atoms with Crippen molar-refractivity contribution in [3.63, 3.8) is 0 Å². The molecule has 0 heterocycles. The average molecular weight is 236 g/mol. The van der Waals surface area contributed by atoms with Crippen molar-refractivity contribution in [3.8, 4) is 0 Å². The van der Waals surface area contributed by atoms with Crippen LogP contribution < -0.4 is 0 Å². The predicted octanol–water partition coefficient (Wildman–Crippen LogP) is 5.77. The molecule has 2 unspecified atom stereocenters. The van der Waals surface area contributed by atoms with Crippen LogP contribution >= 0.6 is 0 Å². The number of hydrogen-bond acceptors (Lipinski definition) is 0. The molecule has 0 aromatic rings. The fraction of sp³-hybridized carbons (Fsp3) is 1.00. The zero-order chi connectivity index (χ0) is 13.3. The van der Waals surface area contributed by atoms with Crippen LogP contribution in [-0.4, -0.2) is 7.85 Å². The van der Waals surface area contributed by atoms with Crippen LogP contribution in [0, 0.1) is 11.8 Å². The Balaban J connectivity index is 3.58. The van der Waals surface area contributed by atoms with Gasteiger partial charge in [0.05, 0.1) is 7.85 Å². The van der Waals surface area contributed by atoms with Gasteiger partial charge in [0, 0.05) is 0 Å². The maximum absolute atomic E-state index is 6.33. The van der Waals surface area contributed by atoms with Gasteiger partial charge < -0.3 is 0 Å². The monoisotopic (exact) mass is 236 g/mol. The predicted molar refractivity (Wildman–Crippen MR) is 80.7 cm³/mol. The molecular weight excluding hydrogens is 203 g/mol. The van der Waals surface area contributed by atoms with Gasteiger partial charge in [-0.1, -0.05) is 91.3 Å². The van der Waals surface area contributed by atoms with E-state index in [4.69, 9.17) is 7.85 Å². The van der Waals surface area contributed by atoms with Crippen molar-refractivity contribution >= 4 is 7.85 Å². The Morgan fingerprint density at radius 1 is 0.941 bits per heavy atom. The average Bonchev–Trinajstić information content (AvgIpc) is 2.24. The van der Waals surface area contributed by atoms with E-state index in [0.29, 0.717) is 0 Å². The van der Waals surface area contributed by atoms with Crippen molar-refractivity contribution < 1.29 is 0 Å². The zero-order valence-corrected chi connectivity index (χ0v) is 12.9. The molecule has 0 amide bonds. The topological polar surface area (TPSA) is 0 Å². The summed E-state index contributed by atoms with van der Waals surface area (Å²) in [6.45, 7) is 11.5. The molecule has 0 N–H and O–H groups in total. The minimum Gasteiger partial charge on any atom is -0.0688 e. The Kier molecular flexibility index (Phi) is 9.09. The maximum atomic E-state index is 6.33. The van der Waals surface area contributed by atoms with Gasteiger partial charge in [-0.3, -0.25) is 0 Å². The van der Waals surface area contributed by atoms with E-state index >= 15 is 0 Å². The van der Waals surface area contributed by atoms with Gasteiger partial charge in [0.15, 0.2) is 0 Å². The van der Waals surface area contributed by atoms with Crippen LogP contribution in [0.4, 0.5) is 0 Å². The first-order chi connectivity index (χ1) is 7.89. The summed E-state index contributed by atoms with van der Waals surface area (Å²) in [6.07, 6.45) is 10.3. The molecule has 0 bridgehead atoms. The third-order valence-electron chi connectivity index (χ3n) is 4.15. The Morgan fingerprint density at radius 2 is 1.47 bits per heavy atom. The Hall–Kier alpha value is 0.0649. The molecule has 2 radical (unpaired) electrons. The summed E-state index contributed by atoms with van der Waals surface area (Å²) in [5, 5.41) is 0.0796. The Bertz CT molecular complexity index is 172. The lowest BCUT2D eigenvalue weighted by atomic mass is 9.64. The molecule has 0 aliphatic rings. The summed E-state index contributed by atoms with van der Waals surface area (Å²) in [4.78, 5) is 0. The van der Waals surface area contributed by atoms with E-state index in [2.05, 4.69) is 34.6 Å². The van der Waals surface area contributed by atoms with Gasteiger partial charge in [0.25, 0.3) is 0 Å². The van der Waals surface area contributed by atoms with Gasteiger partial charge in [-0.2, -0.15) is 0 Å². The van der Waals surface area contributed by atoms with Crippen molar-refractivity contribution in [1.82, 2.24) is 0 Å². The second-order valence-electron chi connectivity index (χ2n) is 6.58. The molecule has 2 atom stereocenters. The van der Waals surface area contributed by atoms with E-state index in [1.165, 1.54) is 51.4 Å². The first kappa shape index (κ1) is 17.1. The highest BCUT2D eigenvalue weighted by atomic mass is 14.2. The zero-order valence-electron chi connectivity index (χ0n) is 12.9. The minimum atomic E-state index is 0.0796. The van der Waals surface area contributed by atoms with Crippen LogP contribution in [0.15, 0.2) is 0 Å². The molecule has 0 fully saturated rings. The third-order valence-corrected chi connectivity index (χ3v) is 4.15. The van der Waals surface area contributed by atoms with Crippen molar-refractivity contribution in [2.24, 2.45) is 11.8 Å². The second-order valence-corrected chi connectivity index (χ2v) is 6.58. The van der Waals surface area contributed by atoms with Crippen molar-refractivity contribution in [2.75, 3.05) is 0 Å². The molecule has 0 nitrogen and oxygen atoms in total. The molecule has 0 aliphatic heterocycles. The highest BCUT2D eigenvalue weighted by molar-refractivity contribution is 6.14. The van der Waals surface area contributed by atoms with E-state index in [0.717, 1.165) is 11.8 Å². The van der Waals surface area contributed by atoms with Crippen LogP contribution in [-0.2, 0) is 0 Å². The summed E-state index contributed by atoms with van der Waals surface area (Å²) < 4.78 is 0. The maximum Gasteiger partial charge on any atom is 0.0742 e. The van der Waals surface area contributed by atoms with Crippen molar-refractivity contribution in [3.05, 3.63) is 0 Å². The normalized spacial score (nSPS) is 17.1. The summed E-state index contributed by atoms with van der Waals surface area (Å²) in [6, 6.07) is 0. The van der Waals surface area contributed by atoms with Gasteiger partial charge in [-0.15, -0.1) is 0 Å². The highest BCUT2D eigenvalue weighted by Gasteiger charge is 2.16. The molecule has 0 saturated heterocycles. The quantitative estimate of drug-likeness (QED) is 0.334. The van der Waals surface area contributed by atoms with Crippen molar-refractivity contribution in [2.45, 2.75) is 91.3 Å². The fourth-order valence-corrected chi connectivity index (χ4v) is 2.23. The molecule has 0 aromatic heterocycles. The van der Waals surface area contributed by atoms with E-state index in [1.807, 2.05) is 0 Å². The lowest BCUT2D eigenvalue weighted by Crippen LogP contribution is -2.09. The molecule has 17 heavy (non-hydrogen) atoms. The Labute approximate surface area is 111 Å². The summed E-state index contributed by atoms with van der Waals surface area (Å²) in [5.41, 5.74) is 0. The van der Waals surface area contributed by atoms with Gasteiger partial charge in [-0.05, 0) is 11.8 Å². The lowest BCUT2D eigenvalue weighted by Gasteiger charge is -2.25. The molecule has 1 heteroatoms. The van der Waals surface area contributed by atoms with E-state index in [1.54, 1.807) is 0 Å². The molecule has 0 spiro atoms. The van der Waals surface area contributed by atoms with Gasteiger partial charge in [-0.25, -0.2) is 0 Å². The fourth-order valence-electron chi connectivity index (χ4n) is 2.23. The molecule has 0 aliphatic carbocycles. The van der Waals surface area contributed by atoms with Crippen LogP contribution in [0.2, 0.25) is 5.31 Å². The first-order valence-electron chi connectivity index (χ1n) is 7.68. The van der Waals surface area contributed by atoms with Crippen LogP contribution in [0.5, 0.6) is 0 Å². The third kappa shape index (κ3) is 9.74. The molecule has 0 aromatic carbocycles. The van der Waals surface area contributed by atoms with E-state index in [-0.39, 0.29) is 5.31 Å². The lowest BCUT2D eigenvalue weighted by molar-refractivity contribution is 0.366. The number of hydrogen-bond donors (Lipinski definition) is 0. The molecule has 0 saturated carbocycles. The summed E-state index contributed by atoms with van der Waals surface area (Å²) in [7, 11) is 6.33. The van der Waals surface area contributed by atoms with E-state index in [9.17, 15) is 0 Å². The van der Waals surface area contributed by atoms with Gasteiger partial charge >= 0.3 is 0 Å². The summed E-state index contributed by atoms with van der Waals surface area (Å²) >= 11 is 0. The second kappa shape index (κ2) is 9.06. The van der Waals surface area contributed by atoms with Crippen LogP contribution in [0.3, 0.4) is 0 Å². The molecule has 100 valence electrons. The summed E-state index contributed by atoms with van der Waals surface area (Å²) in [5.74, 6) is 1.68. The molecule has 0 rings (SSSR count). The number of rotatable bonds is 10. The van der Waals surface area contributed by atoms with Gasteiger partial charge in [0.2, 0.25) is 0 Å². The smallest absolute Gasteiger partial charge is 0.0688 e. The van der Waals surface area contributed by atoms with E-state index < -0.39 is 0 Å². The standard InChI is InChI=1S/C16H33B/c1-6-7-9-12-16(5,17)13-10-8-11-15(4)14(2)3/h14-15H,6-13H2,1-5H3. The Morgan fingerprint density at radius 3 is 1.94 bits per heavy atom. The van der Waals surface area contributed by atoms with Crippen LogP contribution in [0.1, 0.15) is 86.0 Å². The number of unbranched alkanes of at least 4 members (excludes halogenated alkanes) is 3. The minimum absolute atomic E-state index is 0.0796. The highest BCUT2D eigenvalue weighted by Crippen LogP contribution is 2.34. The largest absolute Gasteiger partial charge is 0.0742 e. The van der Waals surface area contributed by atoms with Crippen LogP contribution in [0.25, 0.3) is 0 Å².